The van der Waals surface area contributed by atoms with Crippen LogP contribution in [-0.2, 0) is 9.53 Å². The molecule has 4 nitrogen and oxygen atoms in total. The fourth-order valence-electron chi connectivity index (χ4n) is 2.28. The number of ether oxygens (including phenoxy) is 1. The van der Waals surface area contributed by atoms with Gasteiger partial charge in [0.1, 0.15) is 6.61 Å². The molecule has 20 heavy (non-hydrogen) atoms. The Morgan fingerprint density at radius 3 is 2.45 bits per heavy atom. The lowest BCUT2D eigenvalue weighted by atomic mass is 9.97. The lowest BCUT2D eigenvalue weighted by molar-refractivity contribution is -0.131. The van der Waals surface area contributed by atoms with Gasteiger partial charge < -0.3 is 4.74 Å². The van der Waals surface area contributed by atoms with Crippen molar-refractivity contribution in [2.75, 3.05) is 6.61 Å². The number of nitrogens with zero attached hydrogens (tertiary/aromatic N) is 1. The summed E-state index contributed by atoms with van der Waals surface area (Å²) in [4.78, 5) is 25.6. The van der Waals surface area contributed by atoms with Gasteiger partial charge in [0.2, 0.25) is 5.91 Å². The van der Waals surface area contributed by atoms with E-state index in [9.17, 15) is 9.59 Å². The minimum atomic E-state index is -0.530. The summed E-state index contributed by atoms with van der Waals surface area (Å²) in [5.74, 6) is -0.383. The van der Waals surface area contributed by atoms with Crippen molar-refractivity contribution in [1.82, 2.24) is 4.90 Å². The Hall–Kier alpha value is -1.36. The third-order valence-electron chi connectivity index (χ3n) is 3.65. The van der Waals surface area contributed by atoms with Gasteiger partial charge in [-0.15, -0.1) is 0 Å². The number of benzene rings is 1. The minimum Gasteiger partial charge on any atom is -0.447 e. The molecule has 1 heterocycles. The quantitative estimate of drug-likeness (QED) is 0.845. The lowest BCUT2D eigenvalue weighted by Gasteiger charge is -2.25. The van der Waals surface area contributed by atoms with E-state index in [0.717, 1.165) is 10.0 Å². The maximum atomic E-state index is 12.6. The molecule has 2 amide bonds. The maximum absolute atomic E-state index is 12.6. The largest absolute Gasteiger partial charge is 0.447 e. The summed E-state index contributed by atoms with van der Waals surface area (Å²) in [6.07, 6.45) is -0.530. The van der Waals surface area contributed by atoms with Crippen molar-refractivity contribution in [2.24, 2.45) is 5.92 Å². The zero-order valence-corrected chi connectivity index (χ0v) is 13.4. The second-order valence-corrected chi connectivity index (χ2v) is 6.29. The average molecular weight is 340 g/mol. The van der Waals surface area contributed by atoms with Crippen LogP contribution in [0.25, 0.3) is 0 Å². The minimum absolute atomic E-state index is 0.173. The fraction of sp³-hybridized carbons (Fsp3) is 0.467. The van der Waals surface area contributed by atoms with Crippen molar-refractivity contribution >= 4 is 27.9 Å². The SMILES string of the molecule is CC(C)[C@H]1COC(=O)N1C(=O)[C@@H](C)c1ccc(Br)cc1. The number of carbonyl (C=O) groups is 2. The van der Waals surface area contributed by atoms with E-state index < -0.39 is 6.09 Å². The second-order valence-electron chi connectivity index (χ2n) is 5.37. The molecule has 0 aromatic heterocycles. The number of hydrogen-bond acceptors (Lipinski definition) is 3. The highest BCUT2D eigenvalue weighted by Gasteiger charge is 2.41. The zero-order valence-electron chi connectivity index (χ0n) is 11.8. The molecule has 1 fully saturated rings. The van der Waals surface area contributed by atoms with Gasteiger partial charge in [0, 0.05) is 4.47 Å². The molecule has 1 aliphatic rings. The third kappa shape index (κ3) is 2.87. The van der Waals surface area contributed by atoms with E-state index in [1.54, 1.807) is 0 Å². The summed E-state index contributed by atoms with van der Waals surface area (Å²) in [5, 5.41) is 0. The molecule has 0 unspecified atom stereocenters. The van der Waals surface area contributed by atoms with Gasteiger partial charge in [0.25, 0.3) is 0 Å². The monoisotopic (exact) mass is 339 g/mol. The number of hydrogen-bond donors (Lipinski definition) is 0. The Kier molecular flexibility index (Phi) is 4.48. The number of rotatable bonds is 3. The molecule has 5 heteroatoms. The van der Waals surface area contributed by atoms with Crippen LogP contribution in [0.15, 0.2) is 28.7 Å². The Bertz CT molecular complexity index is 512. The molecule has 1 saturated heterocycles. The molecule has 0 saturated carbocycles. The summed E-state index contributed by atoms with van der Waals surface area (Å²) >= 11 is 3.37. The Morgan fingerprint density at radius 2 is 1.90 bits per heavy atom. The van der Waals surface area contributed by atoms with Crippen molar-refractivity contribution < 1.29 is 14.3 Å². The Balaban J connectivity index is 2.21. The van der Waals surface area contributed by atoms with Gasteiger partial charge in [-0.05, 0) is 30.5 Å². The molecule has 1 aromatic carbocycles. The van der Waals surface area contributed by atoms with E-state index >= 15 is 0 Å². The van der Waals surface area contributed by atoms with E-state index in [4.69, 9.17) is 4.74 Å². The van der Waals surface area contributed by atoms with Gasteiger partial charge in [0.05, 0.1) is 12.0 Å². The molecule has 2 atom stereocenters. The first-order valence-electron chi connectivity index (χ1n) is 6.67. The molecule has 108 valence electrons. The van der Waals surface area contributed by atoms with E-state index in [2.05, 4.69) is 15.9 Å². The van der Waals surface area contributed by atoms with E-state index in [0.29, 0.717) is 0 Å². The van der Waals surface area contributed by atoms with Gasteiger partial charge in [-0.3, -0.25) is 4.79 Å². The van der Waals surface area contributed by atoms with E-state index in [-0.39, 0.29) is 30.4 Å². The number of carbonyl (C=O) groups excluding carboxylic acids is 2. The lowest BCUT2D eigenvalue weighted by Crippen LogP contribution is -2.43. The summed E-state index contributed by atoms with van der Waals surface area (Å²) < 4.78 is 5.98. The predicted octanol–water partition coefficient (Wildman–Crippen LogP) is 3.56. The van der Waals surface area contributed by atoms with Gasteiger partial charge >= 0.3 is 6.09 Å². The summed E-state index contributed by atoms with van der Waals surface area (Å²) in [6.45, 7) is 6.07. The fourth-order valence-corrected chi connectivity index (χ4v) is 2.55. The highest BCUT2D eigenvalue weighted by Crippen LogP contribution is 2.26. The van der Waals surface area contributed by atoms with E-state index in [1.165, 1.54) is 4.90 Å². The van der Waals surface area contributed by atoms with Crippen LogP contribution >= 0.6 is 15.9 Å². The molecule has 0 aliphatic carbocycles. The van der Waals surface area contributed by atoms with Gasteiger partial charge in [-0.25, -0.2) is 9.69 Å². The zero-order chi connectivity index (χ0) is 14.9. The number of cyclic esters (lactones) is 1. The molecule has 0 N–H and O–H groups in total. The van der Waals surface area contributed by atoms with Crippen LogP contribution < -0.4 is 0 Å². The molecule has 0 radical (unpaired) electrons. The Labute approximate surface area is 127 Å². The molecule has 0 spiro atoms. The maximum Gasteiger partial charge on any atom is 0.417 e. The van der Waals surface area contributed by atoms with Crippen molar-refractivity contribution in [3.63, 3.8) is 0 Å². The van der Waals surface area contributed by atoms with Crippen LogP contribution in [0, 0.1) is 5.92 Å². The van der Waals surface area contributed by atoms with Crippen molar-refractivity contribution in [3.05, 3.63) is 34.3 Å². The first kappa shape index (κ1) is 15.0. The highest BCUT2D eigenvalue weighted by atomic mass is 79.9. The van der Waals surface area contributed by atoms with E-state index in [1.807, 2.05) is 45.0 Å². The first-order valence-corrected chi connectivity index (χ1v) is 7.46. The van der Waals surface area contributed by atoms with Crippen LogP contribution in [0.1, 0.15) is 32.3 Å². The average Bonchev–Trinajstić information content (AvgIpc) is 2.80. The normalized spacial score (nSPS) is 20.1. The molecule has 1 aliphatic heterocycles. The van der Waals surface area contributed by atoms with Crippen molar-refractivity contribution in [2.45, 2.75) is 32.7 Å². The predicted molar refractivity (Wildman–Crippen MR) is 79.4 cm³/mol. The summed E-state index contributed by atoms with van der Waals surface area (Å²) in [6, 6.07) is 7.38. The molecular formula is C15H18BrNO3. The highest BCUT2D eigenvalue weighted by molar-refractivity contribution is 9.10. The van der Waals surface area contributed by atoms with Crippen molar-refractivity contribution in [3.8, 4) is 0 Å². The van der Waals surface area contributed by atoms with Gasteiger partial charge in [-0.1, -0.05) is 41.9 Å². The Morgan fingerprint density at radius 1 is 1.30 bits per heavy atom. The standard InChI is InChI=1S/C15H18BrNO3/c1-9(2)13-8-20-15(19)17(13)14(18)10(3)11-4-6-12(16)7-5-11/h4-7,9-10,13H,8H2,1-3H3/t10-,13+/m0/s1. The van der Waals surface area contributed by atoms with Gasteiger partial charge in [0.15, 0.2) is 0 Å². The van der Waals surface area contributed by atoms with Crippen LogP contribution in [0.2, 0.25) is 0 Å². The first-order chi connectivity index (χ1) is 9.41. The summed E-state index contributed by atoms with van der Waals surface area (Å²) in [5.41, 5.74) is 0.889. The number of imide groups is 1. The van der Waals surface area contributed by atoms with Crippen LogP contribution in [0.5, 0.6) is 0 Å². The van der Waals surface area contributed by atoms with Crippen LogP contribution in [-0.4, -0.2) is 29.5 Å². The topological polar surface area (TPSA) is 46.6 Å². The molecule has 2 rings (SSSR count). The third-order valence-corrected chi connectivity index (χ3v) is 4.18. The molecule has 0 bridgehead atoms. The van der Waals surface area contributed by atoms with Crippen LogP contribution in [0.3, 0.4) is 0 Å². The smallest absolute Gasteiger partial charge is 0.417 e. The molecular weight excluding hydrogens is 322 g/mol. The second kappa shape index (κ2) is 5.95. The number of halogens is 1. The van der Waals surface area contributed by atoms with Crippen LogP contribution in [0.4, 0.5) is 4.79 Å². The number of amides is 2. The summed E-state index contributed by atoms with van der Waals surface area (Å²) in [7, 11) is 0. The van der Waals surface area contributed by atoms with Crippen molar-refractivity contribution in [1.29, 1.82) is 0 Å². The van der Waals surface area contributed by atoms with Gasteiger partial charge in [-0.2, -0.15) is 0 Å². The molecule has 1 aromatic rings.